The van der Waals surface area contributed by atoms with E-state index in [0.29, 0.717) is 13.2 Å². The standard InChI is InChI=1S/C15H25NO3/c1-12(2)19-14-7-5-6-13(10-14)15(3,17)11-16-8-9-18-4/h5-7,10,12,16-17H,8-9,11H2,1-4H3. The number of hydrogen-bond acceptors (Lipinski definition) is 4. The van der Waals surface area contributed by atoms with Crippen LogP contribution in [0.5, 0.6) is 5.75 Å². The summed E-state index contributed by atoms with van der Waals surface area (Å²) in [6.07, 6.45) is 0.125. The Hall–Kier alpha value is -1.10. The first-order valence-corrected chi connectivity index (χ1v) is 6.65. The summed E-state index contributed by atoms with van der Waals surface area (Å²) < 4.78 is 10.6. The summed E-state index contributed by atoms with van der Waals surface area (Å²) in [5.74, 6) is 0.782. The molecule has 0 saturated heterocycles. The molecule has 0 radical (unpaired) electrons. The minimum atomic E-state index is -0.926. The van der Waals surface area contributed by atoms with E-state index in [-0.39, 0.29) is 6.10 Å². The van der Waals surface area contributed by atoms with E-state index in [1.54, 1.807) is 14.0 Å². The maximum absolute atomic E-state index is 10.5. The van der Waals surface area contributed by atoms with Crippen molar-refractivity contribution in [1.29, 1.82) is 0 Å². The van der Waals surface area contributed by atoms with Crippen molar-refractivity contribution in [2.24, 2.45) is 0 Å². The van der Waals surface area contributed by atoms with Crippen LogP contribution < -0.4 is 10.1 Å². The third kappa shape index (κ3) is 5.59. The molecule has 108 valence electrons. The lowest BCUT2D eigenvalue weighted by atomic mass is 9.96. The number of hydrogen-bond donors (Lipinski definition) is 2. The summed E-state index contributed by atoms with van der Waals surface area (Å²) in [5.41, 5.74) is -0.0834. The smallest absolute Gasteiger partial charge is 0.120 e. The van der Waals surface area contributed by atoms with Crippen molar-refractivity contribution in [1.82, 2.24) is 5.32 Å². The third-order valence-electron chi connectivity index (χ3n) is 2.78. The zero-order valence-corrected chi connectivity index (χ0v) is 12.3. The van der Waals surface area contributed by atoms with Crippen molar-refractivity contribution in [2.45, 2.75) is 32.5 Å². The van der Waals surface area contributed by atoms with Crippen molar-refractivity contribution in [3.05, 3.63) is 29.8 Å². The van der Waals surface area contributed by atoms with Crippen LogP contribution in [0.1, 0.15) is 26.3 Å². The highest BCUT2D eigenvalue weighted by molar-refractivity contribution is 5.32. The second-order valence-corrected chi connectivity index (χ2v) is 5.14. The van der Waals surface area contributed by atoms with E-state index in [4.69, 9.17) is 9.47 Å². The molecule has 1 aromatic carbocycles. The molecule has 19 heavy (non-hydrogen) atoms. The lowest BCUT2D eigenvalue weighted by Crippen LogP contribution is -2.36. The predicted molar refractivity (Wildman–Crippen MR) is 76.5 cm³/mol. The van der Waals surface area contributed by atoms with Crippen LogP contribution in [0, 0.1) is 0 Å². The molecule has 0 saturated carbocycles. The summed E-state index contributed by atoms with van der Waals surface area (Å²) in [6.45, 7) is 7.58. The topological polar surface area (TPSA) is 50.7 Å². The largest absolute Gasteiger partial charge is 0.491 e. The van der Waals surface area contributed by atoms with E-state index in [1.807, 2.05) is 38.1 Å². The maximum atomic E-state index is 10.5. The number of benzene rings is 1. The van der Waals surface area contributed by atoms with Gasteiger partial charge in [-0.25, -0.2) is 0 Å². The molecule has 0 spiro atoms. The number of rotatable bonds is 8. The molecule has 0 aliphatic rings. The molecule has 4 nitrogen and oxygen atoms in total. The molecule has 0 aliphatic heterocycles. The van der Waals surface area contributed by atoms with Gasteiger partial charge in [-0.1, -0.05) is 12.1 Å². The molecule has 0 bridgehead atoms. The molecule has 1 atom stereocenters. The summed E-state index contributed by atoms with van der Waals surface area (Å²) >= 11 is 0. The monoisotopic (exact) mass is 267 g/mol. The number of aliphatic hydroxyl groups is 1. The third-order valence-corrected chi connectivity index (χ3v) is 2.78. The SMILES string of the molecule is COCCNCC(C)(O)c1cccc(OC(C)C)c1. The van der Waals surface area contributed by atoms with Crippen molar-refractivity contribution in [2.75, 3.05) is 26.8 Å². The highest BCUT2D eigenvalue weighted by atomic mass is 16.5. The van der Waals surface area contributed by atoms with Crippen LogP contribution in [-0.4, -0.2) is 38.0 Å². The number of nitrogens with one attached hydrogen (secondary N) is 1. The molecular formula is C15H25NO3. The van der Waals surface area contributed by atoms with E-state index < -0.39 is 5.60 Å². The van der Waals surface area contributed by atoms with E-state index in [9.17, 15) is 5.11 Å². The van der Waals surface area contributed by atoms with Crippen LogP contribution in [0.4, 0.5) is 0 Å². The van der Waals surface area contributed by atoms with E-state index >= 15 is 0 Å². The second kappa shape index (κ2) is 7.48. The van der Waals surface area contributed by atoms with Crippen molar-refractivity contribution in [3.8, 4) is 5.75 Å². The Bertz CT molecular complexity index is 377. The van der Waals surface area contributed by atoms with Crippen LogP contribution in [0.25, 0.3) is 0 Å². The van der Waals surface area contributed by atoms with Gasteiger partial charge in [-0.2, -0.15) is 0 Å². The molecular weight excluding hydrogens is 242 g/mol. The van der Waals surface area contributed by atoms with Crippen molar-refractivity contribution < 1.29 is 14.6 Å². The van der Waals surface area contributed by atoms with Crippen molar-refractivity contribution >= 4 is 0 Å². The molecule has 0 heterocycles. The van der Waals surface area contributed by atoms with Crippen LogP contribution >= 0.6 is 0 Å². The Morgan fingerprint density at radius 1 is 1.37 bits per heavy atom. The second-order valence-electron chi connectivity index (χ2n) is 5.14. The van der Waals surface area contributed by atoms with Gasteiger partial charge >= 0.3 is 0 Å². The number of methoxy groups -OCH3 is 1. The molecule has 0 aliphatic carbocycles. The Morgan fingerprint density at radius 2 is 2.11 bits per heavy atom. The van der Waals surface area contributed by atoms with Crippen LogP contribution in [-0.2, 0) is 10.3 Å². The van der Waals surface area contributed by atoms with Gasteiger partial charge in [0.15, 0.2) is 0 Å². The summed E-state index contributed by atoms with van der Waals surface area (Å²) in [6, 6.07) is 7.60. The normalized spacial score (nSPS) is 14.4. The fourth-order valence-electron chi connectivity index (χ4n) is 1.78. The summed E-state index contributed by atoms with van der Waals surface area (Å²) in [4.78, 5) is 0. The molecule has 1 unspecified atom stereocenters. The van der Waals surface area contributed by atoms with Crippen LogP contribution in [0.2, 0.25) is 0 Å². The quantitative estimate of drug-likeness (QED) is 0.707. The molecule has 2 N–H and O–H groups in total. The zero-order valence-electron chi connectivity index (χ0n) is 12.3. The Labute approximate surface area is 115 Å². The average molecular weight is 267 g/mol. The maximum Gasteiger partial charge on any atom is 0.120 e. The lowest BCUT2D eigenvalue weighted by Gasteiger charge is -2.25. The fraction of sp³-hybridized carbons (Fsp3) is 0.600. The minimum absolute atomic E-state index is 0.125. The van der Waals surface area contributed by atoms with Gasteiger partial charge in [0.25, 0.3) is 0 Å². The molecule has 0 aromatic heterocycles. The Morgan fingerprint density at radius 3 is 2.74 bits per heavy atom. The molecule has 1 rings (SSSR count). The first kappa shape index (κ1) is 16.0. The first-order chi connectivity index (χ1) is 8.95. The van der Waals surface area contributed by atoms with E-state index in [0.717, 1.165) is 17.9 Å². The molecule has 4 heteroatoms. The summed E-state index contributed by atoms with van der Waals surface area (Å²) in [5, 5.41) is 13.7. The zero-order chi connectivity index (χ0) is 14.3. The van der Waals surface area contributed by atoms with Crippen LogP contribution in [0.15, 0.2) is 24.3 Å². The average Bonchev–Trinajstić information content (AvgIpc) is 2.34. The van der Waals surface area contributed by atoms with Gasteiger partial charge in [-0.05, 0) is 38.5 Å². The highest BCUT2D eigenvalue weighted by Crippen LogP contribution is 2.24. The van der Waals surface area contributed by atoms with Gasteiger partial charge in [0.1, 0.15) is 5.75 Å². The predicted octanol–water partition coefficient (Wildman–Crippen LogP) is 1.92. The minimum Gasteiger partial charge on any atom is -0.491 e. The van der Waals surface area contributed by atoms with Gasteiger partial charge in [-0.15, -0.1) is 0 Å². The Balaban J connectivity index is 2.65. The molecule has 0 amide bonds. The molecule has 1 aromatic rings. The Kier molecular flexibility index (Phi) is 6.28. The van der Waals surface area contributed by atoms with Gasteiger partial charge in [0, 0.05) is 20.2 Å². The van der Waals surface area contributed by atoms with E-state index in [2.05, 4.69) is 5.32 Å². The van der Waals surface area contributed by atoms with E-state index in [1.165, 1.54) is 0 Å². The fourth-order valence-corrected chi connectivity index (χ4v) is 1.78. The van der Waals surface area contributed by atoms with Gasteiger partial charge < -0.3 is 19.9 Å². The lowest BCUT2D eigenvalue weighted by molar-refractivity contribution is 0.0546. The first-order valence-electron chi connectivity index (χ1n) is 6.65. The van der Waals surface area contributed by atoms with Gasteiger partial charge in [0.05, 0.1) is 18.3 Å². The van der Waals surface area contributed by atoms with Crippen molar-refractivity contribution in [3.63, 3.8) is 0 Å². The summed E-state index contributed by atoms with van der Waals surface area (Å²) in [7, 11) is 1.66. The van der Waals surface area contributed by atoms with Crippen LogP contribution in [0.3, 0.4) is 0 Å². The number of ether oxygens (including phenoxy) is 2. The molecule has 0 fully saturated rings. The van der Waals surface area contributed by atoms with Gasteiger partial charge in [0.2, 0.25) is 0 Å². The van der Waals surface area contributed by atoms with Gasteiger partial charge in [-0.3, -0.25) is 0 Å². The highest BCUT2D eigenvalue weighted by Gasteiger charge is 2.23.